The van der Waals surface area contributed by atoms with Gasteiger partial charge in [0.05, 0.1) is 5.69 Å². The molecule has 154 valence electrons. The minimum absolute atomic E-state index is 0.0116. The maximum Gasteiger partial charge on any atom is 0.246 e. The summed E-state index contributed by atoms with van der Waals surface area (Å²) in [6, 6.07) is 9.43. The highest BCUT2D eigenvalue weighted by molar-refractivity contribution is 6.32. The van der Waals surface area contributed by atoms with Crippen molar-refractivity contribution in [2.24, 2.45) is 0 Å². The molecule has 3 aromatic rings. The SMILES string of the molecule is Cc1ncn(-c2cc(N3CCN(C(=O)/C=C/c4ccccc4Cl)CC3)ncn2)c1C. The number of piperazine rings is 1. The van der Waals surface area contributed by atoms with E-state index in [0.717, 1.165) is 28.6 Å². The lowest BCUT2D eigenvalue weighted by Gasteiger charge is -2.35. The van der Waals surface area contributed by atoms with E-state index in [4.69, 9.17) is 11.6 Å². The predicted molar refractivity (Wildman–Crippen MR) is 118 cm³/mol. The van der Waals surface area contributed by atoms with Gasteiger partial charge < -0.3 is 9.80 Å². The molecule has 0 unspecified atom stereocenters. The van der Waals surface area contributed by atoms with E-state index in [-0.39, 0.29) is 5.91 Å². The Kier molecular flexibility index (Phi) is 5.81. The molecule has 0 radical (unpaired) electrons. The maximum atomic E-state index is 12.5. The van der Waals surface area contributed by atoms with Crippen LogP contribution in [-0.2, 0) is 4.79 Å². The van der Waals surface area contributed by atoms with Gasteiger partial charge in [-0.15, -0.1) is 0 Å². The second kappa shape index (κ2) is 8.67. The third-order valence-electron chi connectivity index (χ3n) is 5.36. The van der Waals surface area contributed by atoms with Crippen LogP contribution in [0.2, 0.25) is 5.02 Å². The molecule has 0 saturated carbocycles. The molecule has 2 aromatic heterocycles. The highest BCUT2D eigenvalue weighted by atomic mass is 35.5. The molecule has 0 N–H and O–H groups in total. The van der Waals surface area contributed by atoms with Crippen molar-refractivity contribution in [1.82, 2.24) is 24.4 Å². The van der Waals surface area contributed by atoms with E-state index in [1.165, 1.54) is 0 Å². The predicted octanol–water partition coefficient (Wildman–Crippen LogP) is 3.29. The number of halogens is 1. The highest BCUT2D eigenvalue weighted by Gasteiger charge is 2.21. The Morgan fingerprint density at radius 1 is 1.03 bits per heavy atom. The fourth-order valence-electron chi connectivity index (χ4n) is 3.40. The van der Waals surface area contributed by atoms with Crippen LogP contribution in [0.1, 0.15) is 17.0 Å². The third-order valence-corrected chi connectivity index (χ3v) is 5.71. The maximum absolute atomic E-state index is 12.5. The number of benzene rings is 1. The third kappa shape index (κ3) is 4.21. The number of rotatable bonds is 4. The van der Waals surface area contributed by atoms with Gasteiger partial charge in [-0.3, -0.25) is 9.36 Å². The number of carbonyl (C=O) groups is 1. The van der Waals surface area contributed by atoms with Crippen LogP contribution in [0.25, 0.3) is 11.9 Å². The summed E-state index contributed by atoms with van der Waals surface area (Å²) in [4.78, 5) is 29.7. The minimum atomic E-state index is -0.0116. The number of aromatic nitrogens is 4. The molecular formula is C22H23ClN6O. The average molecular weight is 423 g/mol. The van der Waals surface area contributed by atoms with Crippen molar-refractivity contribution in [3.8, 4) is 5.82 Å². The van der Waals surface area contributed by atoms with Crippen molar-refractivity contribution >= 4 is 29.4 Å². The molecule has 4 rings (SSSR count). The Morgan fingerprint density at radius 3 is 2.47 bits per heavy atom. The number of anilines is 1. The minimum Gasteiger partial charge on any atom is -0.353 e. The highest BCUT2D eigenvalue weighted by Crippen LogP contribution is 2.19. The van der Waals surface area contributed by atoms with Crippen LogP contribution in [0.5, 0.6) is 0 Å². The number of nitrogens with zero attached hydrogens (tertiary/aromatic N) is 6. The first-order valence-corrected chi connectivity index (χ1v) is 10.2. The van der Waals surface area contributed by atoms with Gasteiger partial charge in [0, 0.05) is 49.0 Å². The summed E-state index contributed by atoms with van der Waals surface area (Å²) >= 11 is 6.15. The molecule has 0 bridgehead atoms. The number of hydrogen-bond donors (Lipinski definition) is 0. The van der Waals surface area contributed by atoms with E-state index >= 15 is 0 Å². The molecule has 1 aliphatic rings. The molecule has 1 fully saturated rings. The summed E-state index contributed by atoms with van der Waals surface area (Å²) in [6.45, 7) is 6.69. The Morgan fingerprint density at radius 2 is 1.77 bits per heavy atom. The summed E-state index contributed by atoms with van der Waals surface area (Å²) in [5, 5.41) is 0.634. The normalized spacial score (nSPS) is 14.5. The zero-order chi connectivity index (χ0) is 21.1. The number of imidazole rings is 1. The van der Waals surface area contributed by atoms with Crippen LogP contribution in [0, 0.1) is 13.8 Å². The Hall–Kier alpha value is -3.19. The van der Waals surface area contributed by atoms with Crippen LogP contribution in [0.3, 0.4) is 0 Å². The van der Waals surface area contributed by atoms with E-state index < -0.39 is 0 Å². The molecule has 7 nitrogen and oxygen atoms in total. The fraction of sp³-hybridized carbons (Fsp3) is 0.273. The van der Waals surface area contributed by atoms with Gasteiger partial charge in [-0.1, -0.05) is 29.8 Å². The lowest BCUT2D eigenvalue weighted by molar-refractivity contribution is -0.126. The van der Waals surface area contributed by atoms with Crippen molar-refractivity contribution in [3.63, 3.8) is 0 Å². The summed E-state index contributed by atoms with van der Waals surface area (Å²) in [5.41, 5.74) is 2.87. The number of aryl methyl sites for hydroxylation is 1. The smallest absolute Gasteiger partial charge is 0.246 e. The molecule has 0 atom stereocenters. The van der Waals surface area contributed by atoms with E-state index in [9.17, 15) is 4.79 Å². The summed E-state index contributed by atoms with van der Waals surface area (Å²) in [5.74, 6) is 1.63. The Bertz CT molecular complexity index is 1080. The number of hydrogen-bond acceptors (Lipinski definition) is 5. The molecule has 8 heteroatoms. The first-order chi connectivity index (χ1) is 14.5. The van der Waals surface area contributed by atoms with Crippen LogP contribution in [0.4, 0.5) is 5.82 Å². The van der Waals surface area contributed by atoms with Crippen molar-refractivity contribution < 1.29 is 4.79 Å². The number of amides is 1. The van der Waals surface area contributed by atoms with Crippen LogP contribution in [0.15, 0.2) is 49.1 Å². The Labute approximate surface area is 180 Å². The summed E-state index contributed by atoms with van der Waals surface area (Å²) < 4.78 is 1.96. The van der Waals surface area contributed by atoms with Gasteiger partial charge in [-0.2, -0.15) is 0 Å². The molecule has 0 spiro atoms. The summed E-state index contributed by atoms with van der Waals surface area (Å²) in [7, 11) is 0. The average Bonchev–Trinajstić information content (AvgIpc) is 3.11. The second-order valence-electron chi connectivity index (χ2n) is 7.19. The van der Waals surface area contributed by atoms with E-state index in [0.29, 0.717) is 31.2 Å². The lowest BCUT2D eigenvalue weighted by Crippen LogP contribution is -2.48. The van der Waals surface area contributed by atoms with Crippen molar-refractivity contribution in [2.75, 3.05) is 31.1 Å². The Balaban J connectivity index is 1.40. The van der Waals surface area contributed by atoms with Crippen LogP contribution < -0.4 is 4.90 Å². The standard InChI is InChI=1S/C22H23ClN6O/c1-16-17(2)29(15-26-16)21-13-20(24-14-25-21)27-9-11-28(12-10-27)22(30)8-7-18-5-3-4-6-19(18)23/h3-8,13-15H,9-12H2,1-2H3/b8-7+. The molecule has 30 heavy (non-hydrogen) atoms. The van der Waals surface area contributed by atoms with Gasteiger partial charge in [-0.25, -0.2) is 15.0 Å². The zero-order valence-electron chi connectivity index (χ0n) is 17.0. The van der Waals surface area contributed by atoms with E-state index in [2.05, 4.69) is 19.9 Å². The van der Waals surface area contributed by atoms with Crippen LogP contribution in [-0.4, -0.2) is 56.5 Å². The van der Waals surface area contributed by atoms with Crippen LogP contribution >= 0.6 is 11.6 Å². The topological polar surface area (TPSA) is 67.2 Å². The quantitative estimate of drug-likeness (QED) is 0.603. The lowest BCUT2D eigenvalue weighted by atomic mass is 10.2. The summed E-state index contributed by atoms with van der Waals surface area (Å²) in [6.07, 6.45) is 6.70. The van der Waals surface area contributed by atoms with Crippen molar-refractivity contribution in [3.05, 3.63) is 71.0 Å². The van der Waals surface area contributed by atoms with Crippen molar-refractivity contribution in [1.29, 1.82) is 0 Å². The van der Waals surface area contributed by atoms with E-state index in [1.807, 2.05) is 53.6 Å². The molecule has 1 saturated heterocycles. The van der Waals surface area contributed by atoms with Gasteiger partial charge in [-0.05, 0) is 31.6 Å². The van der Waals surface area contributed by atoms with E-state index in [1.54, 1.807) is 24.8 Å². The molecule has 3 heterocycles. The largest absolute Gasteiger partial charge is 0.353 e. The van der Waals surface area contributed by atoms with Gasteiger partial charge >= 0.3 is 0 Å². The first kappa shape index (κ1) is 20.1. The molecule has 1 amide bonds. The molecule has 0 aliphatic carbocycles. The zero-order valence-corrected chi connectivity index (χ0v) is 17.8. The second-order valence-corrected chi connectivity index (χ2v) is 7.59. The van der Waals surface area contributed by atoms with Gasteiger partial charge in [0.25, 0.3) is 0 Å². The van der Waals surface area contributed by atoms with Crippen molar-refractivity contribution in [2.45, 2.75) is 13.8 Å². The molecular weight excluding hydrogens is 400 g/mol. The van der Waals surface area contributed by atoms with Gasteiger partial charge in [0.2, 0.25) is 5.91 Å². The van der Waals surface area contributed by atoms with Gasteiger partial charge in [0.15, 0.2) is 0 Å². The van der Waals surface area contributed by atoms with Gasteiger partial charge in [0.1, 0.15) is 24.3 Å². The first-order valence-electron chi connectivity index (χ1n) is 9.82. The molecule has 1 aromatic carbocycles. The monoisotopic (exact) mass is 422 g/mol. The molecule has 1 aliphatic heterocycles. The number of carbonyl (C=O) groups excluding carboxylic acids is 1. The fourth-order valence-corrected chi connectivity index (χ4v) is 3.60.